The first-order valence-electron chi connectivity index (χ1n) is 6.94. The maximum atomic E-state index is 12.0. The van der Waals surface area contributed by atoms with E-state index in [0.29, 0.717) is 16.5 Å². The molecule has 22 heavy (non-hydrogen) atoms. The average molecular weight is 318 g/mol. The Morgan fingerprint density at radius 3 is 3.23 bits per heavy atom. The van der Waals surface area contributed by atoms with Crippen molar-refractivity contribution in [3.63, 3.8) is 0 Å². The minimum absolute atomic E-state index is 0.129. The van der Waals surface area contributed by atoms with Crippen molar-refractivity contribution < 1.29 is 19.1 Å². The van der Waals surface area contributed by atoms with Gasteiger partial charge in [0.2, 0.25) is 6.20 Å². The molecule has 3 rings (SSSR count). The third kappa shape index (κ3) is 2.80. The molecule has 0 radical (unpaired) electrons. The molecule has 0 aliphatic heterocycles. The van der Waals surface area contributed by atoms with Crippen molar-refractivity contribution in [1.29, 1.82) is 5.26 Å². The molecule has 2 heterocycles. The zero-order chi connectivity index (χ0) is 15.7. The number of anilines is 1. The lowest BCUT2D eigenvalue weighted by Gasteiger charge is -2.17. The van der Waals surface area contributed by atoms with Gasteiger partial charge in [-0.1, -0.05) is 11.6 Å². The van der Waals surface area contributed by atoms with Crippen LogP contribution >= 0.6 is 11.3 Å². The first-order chi connectivity index (χ1) is 10.6. The van der Waals surface area contributed by atoms with E-state index in [1.54, 1.807) is 0 Å². The molecular formula is C14H14N4O3S. The highest BCUT2D eigenvalue weighted by Gasteiger charge is 2.25. The number of nitrogens with one attached hydrogen (secondary N) is 1. The van der Waals surface area contributed by atoms with Gasteiger partial charge in [0.1, 0.15) is 17.0 Å². The molecule has 2 aromatic heterocycles. The van der Waals surface area contributed by atoms with Crippen LogP contribution in [-0.4, -0.2) is 11.2 Å². The second kappa shape index (κ2) is 5.77. The molecule has 1 unspecified atom stereocenters. The van der Waals surface area contributed by atoms with Crippen LogP contribution in [0.1, 0.15) is 29.3 Å². The lowest BCUT2D eigenvalue weighted by Crippen LogP contribution is -2.41. The number of carbonyl (C=O) groups excluding carboxylic acids is 1. The minimum atomic E-state index is -0.605. The second-order valence-electron chi connectivity index (χ2n) is 5.43. The van der Waals surface area contributed by atoms with E-state index < -0.39 is 5.95 Å². The largest absolute Gasteiger partial charge is 0.539 e. The zero-order valence-corrected chi connectivity index (χ0v) is 12.8. The summed E-state index contributed by atoms with van der Waals surface area (Å²) in [4.78, 5) is 13.2. The van der Waals surface area contributed by atoms with Crippen molar-refractivity contribution in [3.05, 3.63) is 22.2 Å². The Labute approximate surface area is 130 Å². The molecule has 0 aromatic carbocycles. The predicted octanol–water partition coefficient (Wildman–Crippen LogP) is 0.732. The molecular weight excluding hydrogens is 304 g/mol. The van der Waals surface area contributed by atoms with Gasteiger partial charge < -0.3 is 14.9 Å². The van der Waals surface area contributed by atoms with Crippen molar-refractivity contribution >= 4 is 22.2 Å². The van der Waals surface area contributed by atoms with Gasteiger partial charge in [-0.2, -0.15) is 5.26 Å². The quantitative estimate of drug-likeness (QED) is 0.840. The maximum Gasteiger partial charge on any atom is 0.293 e. The van der Waals surface area contributed by atoms with Gasteiger partial charge in [0, 0.05) is 4.88 Å². The standard InChI is InChI=1S/C14H14N4O3S/c1-8-2-3-9-10(5-15)14(22-11(9)4-8)16-12(19)6-18-7-13(20)21-17-18/h7-8H,2-4,6H2,1H3,(H-,16,17,19,20). The van der Waals surface area contributed by atoms with E-state index in [1.807, 2.05) is 0 Å². The lowest BCUT2D eigenvalue weighted by molar-refractivity contribution is -0.750. The van der Waals surface area contributed by atoms with Crippen LogP contribution in [0.15, 0.2) is 10.7 Å². The van der Waals surface area contributed by atoms with Crippen LogP contribution in [0.2, 0.25) is 0 Å². The molecule has 7 nitrogen and oxygen atoms in total. The highest BCUT2D eigenvalue weighted by Crippen LogP contribution is 2.39. The summed E-state index contributed by atoms with van der Waals surface area (Å²) in [7, 11) is 0. The maximum absolute atomic E-state index is 12.0. The van der Waals surface area contributed by atoms with Gasteiger partial charge in [-0.15, -0.1) is 11.3 Å². The molecule has 0 saturated heterocycles. The van der Waals surface area contributed by atoms with Crippen LogP contribution in [-0.2, 0) is 24.2 Å². The average Bonchev–Trinajstić information content (AvgIpc) is 3.01. The summed E-state index contributed by atoms with van der Waals surface area (Å²) in [5.74, 6) is -0.352. The van der Waals surface area contributed by atoms with Crippen LogP contribution in [0.3, 0.4) is 0 Å². The summed E-state index contributed by atoms with van der Waals surface area (Å²) in [6.45, 7) is 2.06. The molecule has 114 valence electrons. The Kier molecular flexibility index (Phi) is 3.81. The van der Waals surface area contributed by atoms with E-state index in [2.05, 4.69) is 28.1 Å². The summed E-state index contributed by atoms with van der Waals surface area (Å²) in [5, 5.41) is 27.0. The molecule has 1 atom stereocenters. The van der Waals surface area contributed by atoms with Gasteiger partial charge >= 0.3 is 0 Å². The van der Waals surface area contributed by atoms with E-state index in [0.717, 1.165) is 35.7 Å². The number of hydrogen-bond acceptors (Lipinski definition) is 6. The number of nitriles is 1. The molecule has 0 bridgehead atoms. The summed E-state index contributed by atoms with van der Waals surface area (Å²) < 4.78 is 5.49. The molecule has 1 N–H and O–H groups in total. The van der Waals surface area contributed by atoms with E-state index in [1.165, 1.54) is 16.2 Å². The molecule has 1 amide bonds. The number of carbonyl (C=O) groups is 1. The van der Waals surface area contributed by atoms with Crippen LogP contribution in [0.4, 0.5) is 5.00 Å². The van der Waals surface area contributed by atoms with Crippen molar-refractivity contribution in [2.24, 2.45) is 5.92 Å². The number of thiophene rings is 1. The van der Waals surface area contributed by atoms with Crippen LogP contribution in [0.5, 0.6) is 5.95 Å². The van der Waals surface area contributed by atoms with E-state index >= 15 is 0 Å². The summed E-state index contributed by atoms with van der Waals surface area (Å²) >= 11 is 1.47. The third-order valence-corrected chi connectivity index (χ3v) is 4.84. The van der Waals surface area contributed by atoms with Crippen molar-refractivity contribution in [2.75, 3.05) is 5.32 Å². The molecule has 0 fully saturated rings. The predicted molar refractivity (Wildman–Crippen MR) is 75.0 cm³/mol. The van der Waals surface area contributed by atoms with E-state index in [-0.39, 0.29) is 12.5 Å². The fourth-order valence-corrected chi connectivity index (χ4v) is 3.98. The highest BCUT2D eigenvalue weighted by atomic mass is 32.1. The van der Waals surface area contributed by atoms with E-state index in [9.17, 15) is 15.2 Å². The van der Waals surface area contributed by atoms with Gasteiger partial charge in [0.05, 0.1) is 10.8 Å². The molecule has 0 spiro atoms. The number of rotatable bonds is 3. The molecule has 0 saturated carbocycles. The summed E-state index contributed by atoms with van der Waals surface area (Å²) in [6.07, 6.45) is 3.99. The lowest BCUT2D eigenvalue weighted by atomic mass is 9.89. The molecule has 1 aliphatic carbocycles. The molecule has 2 aromatic rings. The molecule has 8 heteroatoms. The molecule has 1 aliphatic rings. The van der Waals surface area contributed by atoms with Crippen LogP contribution in [0.25, 0.3) is 0 Å². The topological polar surface area (TPSA) is 106 Å². The third-order valence-electron chi connectivity index (χ3n) is 3.67. The van der Waals surface area contributed by atoms with Crippen molar-refractivity contribution in [1.82, 2.24) is 5.27 Å². The monoisotopic (exact) mass is 318 g/mol. The Morgan fingerprint density at radius 2 is 2.55 bits per heavy atom. The van der Waals surface area contributed by atoms with Crippen LogP contribution < -0.4 is 15.1 Å². The first kappa shape index (κ1) is 14.5. The number of amides is 1. The van der Waals surface area contributed by atoms with Gasteiger partial charge in [-0.25, -0.2) is 0 Å². The number of hydrogen-bond donors (Lipinski definition) is 1. The Morgan fingerprint density at radius 1 is 1.73 bits per heavy atom. The normalized spacial score (nSPS) is 16.8. The highest BCUT2D eigenvalue weighted by molar-refractivity contribution is 7.16. The summed E-state index contributed by atoms with van der Waals surface area (Å²) in [6, 6.07) is 2.20. The SMILES string of the molecule is CC1CCc2c(sc(NC(=O)C[n+]3cc([O-])on3)c2C#N)C1. The first-order valence-corrected chi connectivity index (χ1v) is 7.76. The van der Waals surface area contributed by atoms with Gasteiger partial charge in [-0.05, 0) is 30.7 Å². The van der Waals surface area contributed by atoms with Crippen molar-refractivity contribution in [3.8, 4) is 12.0 Å². The zero-order valence-electron chi connectivity index (χ0n) is 12.0. The Bertz CT molecular complexity index is 759. The number of aromatic nitrogens is 2. The Balaban J connectivity index is 1.77. The van der Waals surface area contributed by atoms with Crippen molar-refractivity contribution in [2.45, 2.75) is 32.7 Å². The number of nitrogens with zero attached hydrogens (tertiary/aromatic N) is 3. The van der Waals surface area contributed by atoms with Crippen LogP contribution in [0, 0.1) is 17.2 Å². The fraction of sp³-hybridized carbons (Fsp3) is 0.429. The minimum Gasteiger partial charge on any atom is -0.539 e. The smallest absolute Gasteiger partial charge is 0.293 e. The van der Waals surface area contributed by atoms with E-state index in [4.69, 9.17) is 0 Å². The number of fused-ring (bicyclic) bond motifs is 1. The van der Waals surface area contributed by atoms with Gasteiger partial charge in [-0.3, -0.25) is 4.79 Å². The van der Waals surface area contributed by atoms with Gasteiger partial charge in [0.15, 0.2) is 0 Å². The second-order valence-corrected chi connectivity index (χ2v) is 6.54. The fourth-order valence-electron chi connectivity index (χ4n) is 2.61. The van der Waals surface area contributed by atoms with Gasteiger partial charge in [0.25, 0.3) is 12.5 Å². The summed E-state index contributed by atoms with van der Waals surface area (Å²) in [5.41, 5.74) is 1.63. The Hall–Kier alpha value is -2.40.